The molecule has 1 saturated heterocycles. The highest BCUT2D eigenvalue weighted by Crippen LogP contribution is 2.20. The molecule has 2 N–H and O–H groups in total. The SMILES string of the molecule is CCNC(=NCC(C)(C)N1CCCCC1)NCCS(=O)(=O)c1ccccc1. The molecular formula is C20H34N4O2S. The van der Waals surface area contributed by atoms with E-state index < -0.39 is 9.84 Å². The van der Waals surface area contributed by atoms with E-state index in [1.165, 1.54) is 19.3 Å². The number of benzene rings is 1. The van der Waals surface area contributed by atoms with E-state index in [1.807, 2.05) is 13.0 Å². The van der Waals surface area contributed by atoms with Gasteiger partial charge in [-0.25, -0.2) is 8.42 Å². The number of piperidine rings is 1. The van der Waals surface area contributed by atoms with Crippen molar-refractivity contribution in [3.05, 3.63) is 30.3 Å². The molecule has 1 aromatic carbocycles. The molecule has 0 aliphatic carbocycles. The highest BCUT2D eigenvalue weighted by Gasteiger charge is 2.27. The van der Waals surface area contributed by atoms with E-state index in [1.54, 1.807) is 24.3 Å². The summed E-state index contributed by atoms with van der Waals surface area (Å²) in [6, 6.07) is 8.58. The molecular weight excluding hydrogens is 360 g/mol. The van der Waals surface area contributed by atoms with Gasteiger partial charge in [0.2, 0.25) is 0 Å². The van der Waals surface area contributed by atoms with Gasteiger partial charge in [-0.3, -0.25) is 9.89 Å². The second-order valence-corrected chi connectivity index (χ2v) is 9.72. The molecule has 0 amide bonds. The molecule has 0 atom stereocenters. The number of rotatable bonds is 8. The lowest BCUT2D eigenvalue weighted by molar-refractivity contribution is 0.102. The fourth-order valence-corrected chi connectivity index (χ4v) is 4.44. The monoisotopic (exact) mass is 394 g/mol. The zero-order valence-corrected chi connectivity index (χ0v) is 17.7. The smallest absolute Gasteiger partial charge is 0.191 e. The number of sulfone groups is 1. The van der Waals surface area contributed by atoms with E-state index >= 15 is 0 Å². The van der Waals surface area contributed by atoms with Crippen molar-refractivity contribution in [3.8, 4) is 0 Å². The van der Waals surface area contributed by atoms with Gasteiger partial charge in [0.1, 0.15) is 0 Å². The Bertz CT molecular complexity index is 696. The Labute approximate surface area is 164 Å². The van der Waals surface area contributed by atoms with E-state index in [9.17, 15) is 8.42 Å². The highest BCUT2D eigenvalue weighted by molar-refractivity contribution is 7.91. The van der Waals surface area contributed by atoms with Gasteiger partial charge in [0.05, 0.1) is 17.2 Å². The number of nitrogens with one attached hydrogen (secondary N) is 2. The van der Waals surface area contributed by atoms with Crippen molar-refractivity contribution in [1.29, 1.82) is 0 Å². The minimum atomic E-state index is -3.28. The Kier molecular flexibility index (Phi) is 8.10. The summed E-state index contributed by atoms with van der Waals surface area (Å²) < 4.78 is 24.8. The topological polar surface area (TPSA) is 73.8 Å². The fourth-order valence-electron chi connectivity index (χ4n) is 3.26. The zero-order valence-electron chi connectivity index (χ0n) is 16.9. The normalized spacial score (nSPS) is 16.9. The third-order valence-corrected chi connectivity index (χ3v) is 6.68. The predicted molar refractivity (Wildman–Crippen MR) is 112 cm³/mol. The second-order valence-electron chi connectivity index (χ2n) is 7.61. The summed E-state index contributed by atoms with van der Waals surface area (Å²) in [4.78, 5) is 7.58. The molecule has 2 rings (SSSR count). The number of likely N-dealkylation sites (tertiary alicyclic amines) is 1. The number of aliphatic imine (C=N–C) groups is 1. The molecule has 0 radical (unpaired) electrons. The third kappa shape index (κ3) is 6.81. The lowest BCUT2D eigenvalue weighted by atomic mass is 9.99. The molecule has 0 bridgehead atoms. The number of hydrogen-bond donors (Lipinski definition) is 2. The van der Waals surface area contributed by atoms with Crippen LogP contribution in [0.1, 0.15) is 40.0 Å². The van der Waals surface area contributed by atoms with Crippen LogP contribution in [0, 0.1) is 0 Å². The lowest BCUT2D eigenvalue weighted by Gasteiger charge is -2.40. The highest BCUT2D eigenvalue weighted by atomic mass is 32.2. The van der Waals surface area contributed by atoms with Crippen LogP contribution in [0.2, 0.25) is 0 Å². The molecule has 6 nitrogen and oxygen atoms in total. The summed E-state index contributed by atoms with van der Waals surface area (Å²) in [7, 11) is -3.28. The Morgan fingerprint density at radius 2 is 1.78 bits per heavy atom. The summed E-state index contributed by atoms with van der Waals surface area (Å²) in [5.41, 5.74) is -0.00110. The van der Waals surface area contributed by atoms with Crippen molar-refractivity contribution in [2.45, 2.75) is 50.5 Å². The van der Waals surface area contributed by atoms with Crippen LogP contribution in [-0.2, 0) is 9.84 Å². The van der Waals surface area contributed by atoms with Crippen LogP contribution in [0.15, 0.2) is 40.2 Å². The lowest BCUT2D eigenvalue weighted by Crippen LogP contribution is -2.49. The standard InChI is InChI=1S/C20H34N4O2S/c1-4-21-19(23-17-20(2,3)24-14-9-6-10-15-24)22-13-16-27(25,26)18-11-7-5-8-12-18/h5,7-8,11-12H,4,6,9-10,13-17H2,1-3H3,(H2,21,22,23). The quantitative estimate of drug-likeness (QED) is 0.523. The van der Waals surface area contributed by atoms with Crippen LogP contribution in [0.3, 0.4) is 0 Å². The minimum Gasteiger partial charge on any atom is -0.357 e. The molecule has 7 heteroatoms. The number of nitrogens with zero attached hydrogens (tertiary/aromatic N) is 2. The summed E-state index contributed by atoms with van der Waals surface area (Å²) in [5, 5.41) is 6.37. The summed E-state index contributed by atoms with van der Waals surface area (Å²) in [6.07, 6.45) is 3.82. The van der Waals surface area contributed by atoms with Gasteiger partial charge in [-0.1, -0.05) is 24.6 Å². The average molecular weight is 395 g/mol. The van der Waals surface area contributed by atoms with Crippen LogP contribution in [0.25, 0.3) is 0 Å². The Morgan fingerprint density at radius 3 is 2.41 bits per heavy atom. The van der Waals surface area contributed by atoms with Gasteiger partial charge in [0, 0.05) is 18.6 Å². The van der Waals surface area contributed by atoms with E-state index in [4.69, 9.17) is 4.99 Å². The second kappa shape index (κ2) is 10.1. The Hall–Kier alpha value is -1.60. The molecule has 152 valence electrons. The first-order valence-corrected chi connectivity index (χ1v) is 11.6. The number of hydrogen-bond acceptors (Lipinski definition) is 4. The predicted octanol–water partition coefficient (Wildman–Crippen LogP) is 2.28. The van der Waals surface area contributed by atoms with Crippen molar-refractivity contribution in [1.82, 2.24) is 15.5 Å². The molecule has 0 saturated carbocycles. The first kappa shape index (κ1) is 21.7. The van der Waals surface area contributed by atoms with Gasteiger partial charge < -0.3 is 10.6 Å². The van der Waals surface area contributed by atoms with Gasteiger partial charge in [-0.2, -0.15) is 0 Å². The van der Waals surface area contributed by atoms with E-state index in [0.29, 0.717) is 23.9 Å². The largest absolute Gasteiger partial charge is 0.357 e. The van der Waals surface area contributed by atoms with Gasteiger partial charge in [-0.05, 0) is 58.8 Å². The summed E-state index contributed by atoms with van der Waals surface area (Å²) >= 11 is 0. The van der Waals surface area contributed by atoms with E-state index in [0.717, 1.165) is 19.6 Å². The average Bonchev–Trinajstić information content (AvgIpc) is 2.67. The molecule has 0 aromatic heterocycles. The summed E-state index contributed by atoms with van der Waals surface area (Å²) in [5.74, 6) is 0.711. The summed E-state index contributed by atoms with van der Waals surface area (Å²) in [6.45, 7) is 10.5. The van der Waals surface area contributed by atoms with Crippen molar-refractivity contribution in [3.63, 3.8) is 0 Å². The molecule has 0 spiro atoms. The number of guanidine groups is 1. The van der Waals surface area contributed by atoms with Gasteiger partial charge in [-0.15, -0.1) is 0 Å². The third-order valence-electron chi connectivity index (χ3n) is 4.95. The van der Waals surface area contributed by atoms with Crippen molar-refractivity contribution in [2.75, 3.05) is 38.5 Å². The van der Waals surface area contributed by atoms with Crippen LogP contribution >= 0.6 is 0 Å². The molecule has 0 unspecified atom stereocenters. The van der Waals surface area contributed by atoms with E-state index in [2.05, 4.69) is 29.4 Å². The van der Waals surface area contributed by atoms with Gasteiger partial charge in [0.15, 0.2) is 15.8 Å². The molecule has 1 aromatic rings. The van der Waals surface area contributed by atoms with Gasteiger partial charge >= 0.3 is 0 Å². The van der Waals surface area contributed by atoms with Crippen LogP contribution in [0.5, 0.6) is 0 Å². The molecule has 1 fully saturated rings. The Morgan fingerprint density at radius 1 is 1.11 bits per heavy atom. The molecule has 1 aliphatic heterocycles. The minimum absolute atomic E-state index is 0.00110. The van der Waals surface area contributed by atoms with Crippen molar-refractivity contribution >= 4 is 15.8 Å². The molecule has 1 aliphatic rings. The van der Waals surface area contributed by atoms with Crippen molar-refractivity contribution in [2.24, 2.45) is 4.99 Å². The Balaban J connectivity index is 1.91. The van der Waals surface area contributed by atoms with Crippen LogP contribution in [0.4, 0.5) is 0 Å². The van der Waals surface area contributed by atoms with Crippen molar-refractivity contribution < 1.29 is 8.42 Å². The van der Waals surface area contributed by atoms with Gasteiger partial charge in [0.25, 0.3) is 0 Å². The maximum absolute atomic E-state index is 12.4. The van der Waals surface area contributed by atoms with Crippen LogP contribution < -0.4 is 10.6 Å². The molecule has 27 heavy (non-hydrogen) atoms. The molecule has 1 heterocycles. The zero-order chi connectivity index (χ0) is 19.8. The van der Waals surface area contributed by atoms with E-state index in [-0.39, 0.29) is 11.3 Å². The maximum atomic E-state index is 12.4. The maximum Gasteiger partial charge on any atom is 0.191 e. The van der Waals surface area contributed by atoms with Crippen LogP contribution in [-0.4, -0.2) is 63.3 Å². The first-order valence-electron chi connectivity index (χ1n) is 9.90. The fraction of sp³-hybridized carbons (Fsp3) is 0.650. The first-order chi connectivity index (χ1) is 12.8.